The fraction of sp³-hybridized carbons (Fsp3) is 0.600. The van der Waals surface area contributed by atoms with Crippen molar-refractivity contribution < 1.29 is 22.8 Å². The number of carbonyl (C=O) groups is 1. The lowest BCUT2D eigenvalue weighted by Gasteiger charge is -2.54. The normalized spacial score (nSPS) is 27.1. The maximum atomic E-state index is 14.2. The number of nitrogens with zero attached hydrogens (tertiary/aromatic N) is 3. The van der Waals surface area contributed by atoms with Gasteiger partial charge in [-0.2, -0.15) is 4.98 Å². The molecule has 1 amide bonds. The van der Waals surface area contributed by atoms with Gasteiger partial charge < -0.3 is 15.0 Å². The monoisotopic (exact) mass is 532 g/mol. The van der Waals surface area contributed by atoms with Gasteiger partial charge in [-0.25, -0.2) is 13.6 Å². The molecule has 0 aromatic carbocycles. The van der Waals surface area contributed by atoms with Crippen LogP contribution < -0.4 is 5.73 Å². The second kappa shape index (κ2) is 7.38. The summed E-state index contributed by atoms with van der Waals surface area (Å²) in [7, 11) is 0. The average Bonchev–Trinajstić information content (AvgIpc) is 3.21. The Kier molecular flexibility index (Phi) is 5.26. The number of nitrogens with two attached hydrogens (primary N) is 1. The highest BCUT2D eigenvalue weighted by atomic mass is 127. The Balaban J connectivity index is 1.61. The highest BCUT2D eigenvalue weighted by Gasteiger charge is 2.56. The maximum Gasteiger partial charge on any atom is 0.405 e. The molecular weight excluding hydrogens is 509 g/mol. The summed E-state index contributed by atoms with van der Waals surface area (Å²) in [5.74, 6) is 0.0948. The molecule has 0 spiro atoms. The third-order valence-electron chi connectivity index (χ3n) is 6.60. The molecule has 1 atom stereocenters. The van der Waals surface area contributed by atoms with Crippen LogP contribution in [-0.4, -0.2) is 21.2 Å². The van der Waals surface area contributed by atoms with Crippen LogP contribution in [0.15, 0.2) is 16.8 Å². The molecule has 3 aliphatic carbocycles. The van der Waals surface area contributed by atoms with E-state index < -0.39 is 23.7 Å². The lowest BCUT2D eigenvalue weighted by atomic mass is 9.51. The Morgan fingerprint density at radius 3 is 2.43 bits per heavy atom. The number of amides is 1. The van der Waals surface area contributed by atoms with E-state index in [0.717, 1.165) is 44.7 Å². The number of hydrogen-bond acceptors (Lipinski definition) is 6. The number of rotatable bonds is 5. The molecule has 3 saturated carbocycles. The van der Waals surface area contributed by atoms with Crippen LogP contribution in [0.3, 0.4) is 0 Å². The molecule has 0 radical (unpaired) electrons. The molecule has 5 rings (SSSR count). The Labute approximate surface area is 186 Å². The summed E-state index contributed by atoms with van der Waals surface area (Å²) < 4.78 is 39.0. The van der Waals surface area contributed by atoms with E-state index in [2.05, 4.69) is 15.1 Å². The first kappa shape index (κ1) is 21.4. The summed E-state index contributed by atoms with van der Waals surface area (Å²) in [6.45, 7) is 2.77. The zero-order chi connectivity index (χ0) is 21.7. The van der Waals surface area contributed by atoms with E-state index in [1.165, 1.54) is 13.8 Å². The standard InChI is InChI=1S/C20H23F2IN4O3/c1-18(2,22)16-26-15(27-30-16)20-6-3-19(4-7-20,5-8-20)14(29-17(24)28)13-9-12(23)11(21)10-25-13/h9-10,14H,3-8H2,1-2H3,(H2,24,28). The van der Waals surface area contributed by atoms with Crippen LogP contribution in [0.5, 0.6) is 0 Å². The SMILES string of the molecule is CC(C)(F)c1nc(C23CCC(C(OC(N)=O)c4cc(I)c(F)cn4)(CC2)CC3)no1. The largest absolute Gasteiger partial charge is 0.439 e. The minimum atomic E-state index is -1.69. The van der Waals surface area contributed by atoms with E-state index in [4.69, 9.17) is 15.0 Å². The van der Waals surface area contributed by atoms with Crippen LogP contribution in [0.4, 0.5) is 13.6 Å². The Morgan fingerprint density at radius 1 is 1.30 bits per heavy atom. The molecular formula is C20H23F2IN4O3. The van der Waals surface area contributed by atoms with E-state index in [9.17, 15) is 13.6 Å². The molecule has 1 unspecified atom stereocenters. The Hall–Kier alpha value is -1.85. The summed E-state index contributed by atoms with van der Waals surface area (Å²) in [6, 6.07) is 1.60. The van der Waals surface area contributed by atoms with Crippen molar-refractivity contribution in [1.29, 1.82) is 0 Å². The van der Waals surface area contributed by atoms with Gasteiger partial charge in [0.1, 0.15) is 0 Å². The Morgan fingerprint density at radius 2 is 1.93 bits per heavy atom. The molecule has 10 heteroatoms. The van der Waals surface area contributed by atoms with Gasteiger partial charge in [0.15, 0.2) is 23.4 Å². The highest BCUT2D eigenvalue weighted by molar-refractivity contribution is 14.1. The molecule has 7 nitrogen and oxygen atoms in total. The predicted octanol–water partition coefficient (Wildman–Crippen LogP) is 4.84. The number of aromatic nitrogens is 3. The molecule has 2 N–H and O–H groups in total. The average molecular weight is 532 g/mol. The van der Waals surface area contributed by atoms with E-state index in [-0.39, 0.29) is 16.7 Å². The first-order chi connectivity index (χ1) is 14.0. The van der Waals surface area contributed by atoms with Crippen LogP contribution in [0, 0.1) is 14.8 Å². The van der Waals surface area contributed by atoms with Gasteiger partial charge in [-0.05, 0) is 81.0 Å². The maximum absolute atomic E-state index is 14.2. The number of fused-ring (bicyclic) bond motifs is 3. The number of pyridine rings is 1. The smallest absolute Gasteiger partial charge is 0.405 e. The van der Waals surface area contributed by atoms with E-state index in [1.807, 2.05) is 22.6 Å². The summed E-state index contributed by atoms with van der Waals surface area (Å²) in [5.41, 5.74) is 3.53. The van der Waals surface area contributed by atoms with Crippen LogP contribution in [0.2, 0.25) is 0 Å². The second-order valence-electron chi connectivity index (χ2n) is 8.88. The molecule has 3 aliphatic rings. The third kappa shape index (κ3) is 3.67. The number of primary amides is 1. The van der Waals surface area contributed by atoms with Crippen molar-refractivity contribution >= 4 is 28.7 Å². The van der Waals surface area contributed by atoms with Gasteiger partial charge in [0, 0.05) is 10.8 Å². The quantitative estimate of drug-likeness (QED) is 0.553. The lowest BCUT2D eigenvalue weighted by molar-refractivity contribution is -0.0739. The lowest BCUT2D eigenvalue weighted by Crippen LogP contribution is -2.48. The molecule has 3 fully saturated rings. The van der Waals surface area contributed by atoms with Gasteiger partial charge in [0.25, 0.3) is 5.89 Å². The first-order valence-electron chi connectivity index (χ1n) is 9.85. The summed E-state index contributed by atoms with van der Waals surface area (Å²) in [5, 5.41) is 4.08. The van der Waals surface area contributed by atoms with Crippen molar-refractivity contribution in [3.05, 3.63) is 39.1 Å². The fourth-order valence-electron chi connectivity index (χ4n) is 4.81. The summed E-state index contributed by atoms with van der Waals surface area (Å²) >= 11 is 1.89. The zero-order valence-electron chi connectivity index (χ0n) is 16.8. The van der Waals surface area contributed by atoms with E-state index in [1.54, 1.807) is 6.07 Å². The minimum absolute atomic E-state index is 0.0192. The number of carbonyl (C=O) groups excluding carboxylic acids is 1. The fourth-order valence-corrected chi connectivity index (χ4v) is 5.27. The third-order valence-corrected chi connectivity index (χ3v) is 7.43. The van der Waals surface area contributed by atoms with Gasteiger partial charge in [-0.3, -0.25) is 4.98 Å². The van der Waals surface area contributed by atoms with Gasteiger partial charge >= 0.3 is 6.09 Å². The van der Waals surface area contributed by atoms with Crippen LogP contribution in [0.25, 0.3) is 0 Å². The van der Waals surface area contributed by atoms with Crippen LogP contribution in [0.1, 0.15) is 75.9 Å². The molecule has 162 valence electrons. The molecule has 2 heterocycles. The topological polar surface area (TPSA) is 104 Å². The van der Waals surface area contributed by atoms with Crippen molar-refractivity contribution in [2.75, 3.05) is 0 Å². The highest BCUT2D eigenvalue weighted by Crippen LogP contribution is 2.62. The van der Waals surface area contributed by atoms with Gasteiger partial charge in [-0.1, -0.05) is 5.16 Å². The zero-order valence-corrected chi connectivity index (χ0v) is 18.9. The Bertz CT molecular complexity index is 951. The number of ether oxygens (including phenoxy) is 1. The van der Waals surface area contributed by atoms with Crippen LogP contribution in [-0.2, 0) is 15.8 Å². The van der Waals surface area contributed by atoms with Crippen molar-refractivity contribution in [1.82, 2.24) is 15.1 Å². The van der Waals surface area contributed by atoms with Crippen LogP contribution >= 0.6 is 22.6 Å². The van der Waals surface area contributed by atoms with Gasteiger partial charge in [0.2, 0.25) is 0 Å². The summed E-state index contributed by atoms with van der Waals surface area (Å²) in [6.07, 6.45) is 4.01. The molecule has 0 saturated heterocycles. The molecule has 2 bridgehead atoms. The van der Waals surface area contributed by atoms with Crippen molar-refractivity contribution in [3.8, 4) is 0 Å². The molecule has 0 aliphatic heterocycles. The molecule has 30 heavy (non-hydrogen) atoms. The predicted molar refractivity (Wildman–Crippen MR) is 111 cm³/mol. The van der Waals surface area contributed by atoms with Crippen molar-refractivity contribution in [2.45, 2.75) is 69.6 Å². The van der Waals surface area contributed by atoms with E-state index in [0.29, 0.717) is 15.1 Å². The molecule has 2 aromatic rings. The number of alkyl halides is 1. The van der Waals surface area contributed by atoms with E-state index >= 15 is 0 Å². The first-order valence-corrected chi connectivity index (χ1v) is 10.9. The summed E-state index contributed by atoms with van der Waals surface area (Å²) in [4.78, 5) is 20.2. The van der Waals surface area contributed by atoms with Gasteiger partial charge in [0.05, 0.1) is 15.5 Å². The number of hydrogen-bond donors (Lipinski definition) is 1. The van der Waals surface area contributed by atoms with Crippen molar-refractivity contribution in [3.63, 3.8) is 0 Å². The minimum Gasteiger partial charge on any atom is -0.439 e. The van der Waals surface area contributed by atoms with Gasteiger partial charge in [-0.15, -0.1) is 0 Å². The number of halogens is 3. The van der Waals surface area contributed by atoms with Crippen molar-refractivity contribution in [2.24, 2.45) is 11.1 Å². The molecule has 2 aromatic heterocycles. The second-order valence-corrected chi connectivity index (χ2v) is 10.0.